The summed E-state index contributed by atoms with van der Waals surface area (Å²) in [4.78, 5) is 38.4. The maximum atomic E-state index is 13.0. The number of anilines is 1. The van der Waals surface area contributed by atoms with Crippen molar-refractivity contribution in [3.8, 4) is 17.2 Å². The number of carbonyl (C=O) groups is 3. The number of phenolic OH excluding ortho intramolecular Hbond substituents is 1. The van der Waals surface area contributed by atoms with Gasteiger partial charge in [-0.1, -0.05) is 6.08 Å². The maximum absolute atomic E-state index is 13.0. The number of hydrogen-bond acceptors (Lipinski definition) is 7. The van der Waals surface area contributed by atoms with Crippen molar-refractivity contribution in [1.82, 2.24) is 4.90 Å². The zero-order valence-corrected chi connectivity index (χ0v) is 20.0. The van der Waals surface area contributed by atoms with E-state index in [9.17, 15) is 32.7 Å². The Kier molecular flexibility index (Phi) is 7.98. The van der Waals surface area contributed by atoms with Crippen LogP contribution in [-0.2, 0) is 22.2 Å². The molecule has 3 amide bonds. The van der Waals surface area contributed by atoms with Crippen molar-refractivity contribution < 1.29 is 42.1 Å². The van der Waals surface area contributed by atoms with Gasteiger partial charge < -0.3 is 19.9 Å². The second-order valence-electron chi connectivity index (χ2n) is 7.45. The van der Waals surface area contributed by atoms with Crippen LogP contribution < -0.4 is 14.8 Å². The van der Waals surface area contributed by atoms with Gasteiger partial charge in [0.05, 0.1) is 30.4 Å². The number of ether oxygens (including phenoxy) is 2. The van der Waals surface area contributed by atoms with Crippen LogP contribution in [0.15, 0.2) is 47.9 Å². The molecule has 36 heavy (non-hydrogen) atoms. The SMILES string of the molecule is C=CCc1cc(/C=C2\SC(=O)N(CC(=O)Nc3cc(C(F)(F)F)ccc3OC)C2=O)cc(OC)c1O. The third kappa shape index (κ3) is 5.82. The molecule has 0 aliphatic carbocycles. The lowest BCUT2D eigenvalue weighted by molar-refractivity contribution is -0.137. The van der Waals surface area contributed by atoms with Crippen molar-refractivity contribution in [3.05, 3.63) is 64.6 Å². The van der Waals surface area contributed by atoms with Crippen LogP contribution in [0.4, 0.5) is 23.7 Å². The third-order valence-corrected chi connectivity index (χ3v) is 5.94. The Morgan fingerprint density at radius 3 is 2.47 bits per heavy atom. The van der Waals surface area contributed by atoms with Crippen LogP contribution in [0.5, 0.6) is 17.2 Å². The molecule has 8 nitrogen and oxygen atoms in total. The van der Waals surface area contributed by atoms with Gasteiger partial charge in [0.25, 0.3) is 11.1 Å². The summed E-state index contributed by atoms with van der Waals surface area (Å²) in [7, 11) is 2.58. The Morgan fingerprint density at radius 2 is 1.86 bits per heavy atom. The molecule has 0 aromatic heterocycles. The highest BCUT2D eigenvalue weighted by atomic mass is 32.2. The van der Waals surface area contributed by atoms with E-state index in [1.54, 1.807) is 12.1 Å². The van der Waals surface area contributed by atoms with Crippen molar-refractivity contribution in [2.24, 2.45) is 0 Å². The van der Waals surface area contributed by atoms with Gasteiger partial charge in [0.2, 0.25) is 5.91 Å². The van der Waals surface area contributed by atoms with E-state index in [4.69, 9.17) is 9.47 Å². The summed E-state index contributed by atoms with van der Waals surface area (Å²) in [5, 5.41) is 11.7. The summed E-state index contributed by atoms with van der Waals surface area (Å²) in [6.45, 7) is 2.90. The average Bonchev–Trinajstić information content (AvgIpc) is 3.07. The molecule has 1 fully saturated rings. The van der Waals surface area contributed by atoms with E-state index in [-0.39, 0.29) is 27.8 Å². The van der Waals surface area contributed by atoms with Gasteiger partial charge in [-0.2, -0.15) is 13.2 Å². The lowest BCUT2D eigenvalue weighted by Gasteiger charge is -2.16. The van der Waals surface area contributed by atoms with Crippen LogP contribution in [0, 0.1) is 0 Å². The monoisotopic (exact) mass is 522 g/mol. The normalized spacial score (nSPS) is 14.8. The second kappa shape index (κ2) is 10.8. The molecule has 12 heteroatoms. The average molecular weight is 523 g/mol. The minimum Gasteiger partial charge on any atom is -0.504 e. The summed E-state index contributed by atoms with van der Waals surface area (Å²) < 4.78 is 49.3. The lowest BCUT2D eigenvalue weighted by atomic mass is 10.1. The lowest BCUT2D eigenvalue weighted by Crippen LogP contribution is -2.36. The Balaban J connectivity index is 1.80. The number of methoxy groups -OCH3 is 2. The zero-order valence-electron chi connectivity index (χ0n) is 19.1. The number of hydrogen-bond donors (Lipinski definition) is 2. The predicted octanol–water partition coefficient (Wildman–Crippen LogP) is 4.83. The number of allylic oxidation sites excluding steroid dienone is 1. The van der Waals surface area contributed by atoms with E-state index in [2.05, 4.69) is 11.9 Å². The van der Waals surface area contributed by atoms with Gasteiger partial charge in [0.15, 0.2) is 11.5 Å². The first-order valence-electron chi connectivity index (χ1n) is 10.3. The number of rotatable bonds is 8. The summed E-state index contributed by atoms with van der Waals surface area (Å²) in [6.07, 6.45) is -1.34. The Morgan fingerprint density at radius 1 is 1.17 bits per heavy atom. The van der Waals surface area contributed by atoms with E-state index in [1.165, 1.54) is 26.4 Å². The number of nitrogens with one attached hydrogen (secondary N) is 1. The van der Waals surface area contributed by atoms with Crippen molar-refractivity contribution in [2.75, 3.05) is 26.1 Å². The molecule has 0 unspecified atom stereocenters. The van der Waals surface area contributed by atoms with Crippen molar-refractivity contribution >= 4 is 40.6 Å². The van der Waals surface area contributed by atoms with Gasteiger partial charge in [-0.3, -0.25) is 19.3 Å². The van der Waals surface area contributed by atoms with E-state index in [0.29, 0.717) is 40.3 Å². The fourth-order valence-corrected chi connectivity index (χ4v) is 4.18. The molecule has 1 saturated heterocycles. The highest BCUT2D eigenvalue weighted by Gasteiger charge is 2.37. The maximum Gasteiger partial charge on any atom is 0.416 e. The number of halogens is 3. The number of benzene rings is 2. The summed E-state index contributed by atoms with van der Waals surface area (Å²) >= 11 is 0.597. The second-order valence-corrected chi connectivity index (χ2v) is 8.45. The van der Waals surface area contributed by atoms with E-state index in [1.807, 2.05) is 0 Å². The van der Waals surface area contributed by atoms with Crippen LogP contribution in [0.25, 0.3) is 6.08 Å². The molecule has 0 bridgehead atoms. The Bertz CT molecular complexity index is 1260. The number of aromatic hydroxyl groups is 1. The molecular weight excluding hydrogens is 501 g/mol. The largest absolute Gasteiger partial charge is 0.504 e. The molecule has 0 saturated carbocycles. The molecule has 2 aromatic carbocycles. The summed E-state index contributed by atoms with van der Waals surface area (Å²) in [6, 6.07) is 5.62. The molecular formula is C24H21F3N2O6S. The highest BCUT2D eigenvalue weighted by Crippen LogP contribution is 2.37. The fourth-order valence-electron chi connectivity index (χ4n) is 3.34. The minimum atomic E-state index is -4.65. The zero-order chi connectivity index (χ0) is 26.6. The van der Waals surface area contributed by atoms with Gasteiger partial charge in [0.1, 0.15) is 12.3 Å². The molecule has 0 radical (unpaired) electrons. The van der Waals surface area contributed by atoms with Gasteiger partial charge in [-0.05, 0) is 60.2 Å². The summed E-state index contributed by atoms with van der Waals surface area (Å²) in [5.74, 6) is -1.59. The highest BCUT2D eigenvalue weighted by molar-refractivity contribution is 8.18. The number of nitrogens with zero attached hydrogens (tertiary/aromatic N) is 1. The van der Waals surface area contributed by atoms with Crippen LogP contribution >= 0.6 is 11.8 Å². The standard InChI is InChI=1S/C24H21F3N2O6S/c1-4-5-14-8-13(9-18(35-3)21(14)31)10-19-22(32)29(23(33)36-19)12-20(30)28-16-11-15(24(25,26)27)6-7-17(16)34-2/h4,6-11,31H,1,5,12H2,2-3H3,(H,28,30)/b19-10-. The quantitative estimate of drug-likeness (QED) is 0.378. The number of amides is 3. The third-order valence-electron chi connectivity index (χ3n) is 5.03. The predicted molar refractivity (Wildman–Crippen MR) is 128 cm³/mol. The number of carbonyl (C=O) groups excluding carboxylic acids is 3. The molecule has 190 valence electrons. The number of alkyl halides is 3. The van der Waals surface area contributed by atoms with Crippen LogP contribution in [0.1, 0.15) is 16.7 Å². The number of phenols is 1. The first-order valence-corrected chi connectivity index (χ1v) is 11.1. The van der Waals surface area contributed by atoms with Gasteiger partial charge in [0, 0.05) is 5.56 Å². The molecule has 2 aromatic rings. The van der Waals surface area contributed by atoms with Crippen LogP contribution in [0.3, 0.4) is 0 Å². The molecule has 1 heterocycles. The van der Waals surface area contributed by atoms with Crippen molar-refractivity contribution in [1.29, 1.82) is 0 Å². The topological polar surface area (TPSA) is 105 Å². The smallest absolute Gasteiger partial charge is 0.416 e. The van der Waals surface area contributed by atoms with Crippen LogP contribution in [-0.4, -0.2) is 47.8 Å². The molecule has 0 spiro atoms. The Hall–Kier alpha value is -3.93. The fraction of sp³-hybridized carbons (Fsp3) is 0.208. The molecule has 1 aliphatic heterocycles. The minimum absolute atomic E-state index is 0.0155. The first-order chi connectivity index (χ1) is 17.0. The molecule has 2 N–H and O–H groups in total. The van der Waals surface area contributed by atoms with Crippen LogP contribution in [0.2, 0.25) is 0 Å². The van der Waals surface area contributed by atoms with Gasteiger partial charge >= 0.3 is 6.18 Å². The van der Waals surface area contributed by atoms with E-state index < -0.39 is 35.3 Å². The molecule has 0 atom stereocenters. The van der Waals surface area contributed by atoms with E-state index in [0.717, 1.165) is 12.1 Å². The van der Waals surface area contributed by atoms with Gasteiger partial charge in [-0.25, -0.2) is 0 Å². The first kappa shape index (κ1) is 26.7. The summed E-state index contributed by atoms with van der Waals surface area (Å²) in [5.41, 5.74) is -0.312. The van der Waals surface area contributed by atoms with Gasteiger partial charge in [-0.15, -0.1) is 6.58 Å². The van der Waals surface area contributed by atoms with Crippen molar-refractivity contribution in [2.45, 2.75) is 12.6 Å². The van der Waals surface area contributed by atoms with E-state index >= 15 is 0 Å². The molecule has 1 aliphatic rings. The number of imide groups is 1. The molecule has 3 rings (SSSR count). The Labute approximate surface area is 208 Å². The van der Waals surface area contributed by atoms with Crippen molar-refractivity contribution in [3.63, 3.8) is 0 Å². The number of thioether (sulfide) groups is 1.